The summed E-state index contributed by atoms with van der Waals surface area (Å²) in [5.74, 6) is 0.689. The second-order valence-electron chi connectivity index (χ2n) is 8.04. The van der Waals surface area contributed by atoms with Crippen LogP contribution in [0.2, 0.25) is 0 Å². The van der Waals surface area contributed by atoms with Crippen molar-refractivity contribution in [1.82, 2.24) is 10.0 Å². The van der Waals surface area contributed by atoms with Gasteiger partial charge in [-0.1, -0.05) is 44.2 Å². The van der Waals surface area contributed by atoms with Gasteiger partial charge in [-0.05, 0) is 61.1 Å². The molecule has 0 saturated heterocycles. The minimum absolute atomic E-state index is 0.101. The maximum absolute atomic E-state index is 12.2. The number of ether oxygens (including phenoxy) is 1. The minimum Gasteiger partial charge on any atom is -0.484 e. The van der Waals surface area contributed by atoms with E-state index in [0.717, 1.165) is 11.1 Å². The molecule has 2 N–H and O–H groups in total. The molecule has 0 bridgehead atoms. The Morgan fingerprint density at radius 3 is 2.30 bits per heavy atom. The highest BCUT2D eigenvalue weighted by Crippen LogP contribution is 2.23. The van der Waals surface area contributed by atoms with Crippen LogP contribution in [0.3, 0.4) is 0 Å². The largest absolute Gasteiger partial charge is 0.484 e. The Morgan fingerprint density at radius 1 is 1.03 bits per heavy atom. The summed E-state index contributed by atoms with van der Waals surface area (Å²) in [6.45, 7) is 10.00. The van der Waals surface area contributed by atoms with E-state index in [2.05, 4.69) is 23.9 Å². The van der Waals surface area contributed by atoms with Crippen LogP contribution < -0.4 is 14.8 Å². The highest BCUT2D eigenvalue weighted by Gasteiger charge is 2.15. The van der Waals surface area contributed by atoms with E-state index in [-0.39, 0.29) is 30.9 Å². The van der Waals surface area contributed by atoms with Gasteiger partial charge in [0, 0.05) is 12.6 Å². The minimum atomic E-state index is -3.44. The molecule has 1 amide bonds. The smallest absolute Gasteiger partial charge is 0.258 e. The molecule has 0 aliphatic rings. The van der Waals surface area contributed by atoms with Gasteiger partial charge in [-0.15, -0.1) is 0 Å². The number of hydrogen-bond donors (Lipinski definition) is 2. The average Bonchev–Trinajstić information content (AvgIpc) is 2.64. The molecule has 0 atom stereocenters. The Hall–Kier alpha value is -2.38. The van der Waals surface area contributed by atoms with Gasteiger partial charge < -0.3 is 10.1 Å². The molecule has 0 heterocycles. The second-order valence-corrected chi connectivity index (χ2v) is 9.79. The first-order chi connectivity index (χ1) is 14.1. The van der Waals surface area contributed by atoms with Crippen molar-refractivity contribution >= 4 is 15.9 Å². The van der Waals surface area contributed by atoms with Crippen LogP contribution >= 0.6 is 0 Å². The molecule has 6 nitrogen and oxygen atoms in total. The summed E-state index contributed by atoms with van der Waals surface area (Å²) in [6.07, 6.45) is 0. The number of sulfonamides is 1. The maximum Gasteiger partial charge on any atom is 0.258 e. The Morgan fingerprint density at radius 2 is 1.70 bits per heavy atom. The normalized spacial score (nSPS) is 11.7. The van der Waals surface area contributed by atoms with Crippen LogP contribution in [0.4, 0.5) is 0 Å². The van der Waals surface area contributed by atoms with Crippen LogP contribution in [0.25, 0.3) is 0 Å². The molecule has 2 aromatic rings. The third kappa shape index (κ3) is 7.46. The van der Waals surface area contributed by atoms with Crippen LogP contribution in [0.5, 0.6) is 5.75 Å². The molecule has 2 rings (SSSR count). The molecule has 0 aromatic heterocycles. The summed E-state index contributed by atoms with van der Waals surface area (Å²) in [5, 5.41) is 2.80. The summed E-state index contributed by atoms with van der Waals surface area (Å²) >= 11 is 0. The number of benzene rings is 2. The van der Waals surface area contributed by atoms with Gasteiger partial charge in [0.2, 0.25) is 10.0 Å². The van der Waals surface area contributed by atoms with Crippen molar-refractivity contribution in [2.75, 3.05) is 6.61 Å². The van der Waals surface area contributed by atoms with E-state index in [9.17, 15) is 13.2 Å². The van der Waals surface area contributed by atoms with Crippen LogP contribution in [0, 0.1) is 6.92 Å². The van der Waals surface area contributed by atoms with Crippen LogP contribution in [-0.4, -0.2) is 27.0 Å². The third-order valence-electron chi connectivity index (χ3n) is 4.59. The predicted molar refractivity (Wildman–Crippen MR) is 120 cm³/mol. The molecule has 7 heteroatoms. The van der Waals surface area contributed by atoms with Gasteiger partial charge >= 0.3 is 0 Å². The van der Waals surface area contributed by atoms with Crippen molar-refractivity contribution in [1.29, 1.82) is 0 Å². The number of amides is 1. The van der Waals surface area contributed by atoms with Crippen LogP contribution in [0.1, 0.15) is 55.9 Å². The molecule has 0 unspecified atom stereocenters. The number of nitrogens with one attached hydrogen (secondary N) is 2. The molecule has 0 aliphatic heterocycles. The average molecular weight is 433 g/mol. The number of aryl methyl sites for hydroxylation is 1. The fraction of sp³-hybridized carbons (Fsp3) is 0.435. The van der Waals surface area contributed by atoms with Gasteiger partial charge in [0.15, 0.2) is 6.61 Å². The van der Waals surface area contributed by atoms with Gasteiger partial charge in [-0.3, -0.25) is 4.79 Å². The van der Waals surface area contributed by atoms with Gasteiger partial charge in [0.25, 0.3) is 5.91 Å². The molecule has 0 radical (unpaired) electrons. The predicted octanol–water partition coefficient (Wildman–Crippen LogP) is 3.64. The van der Waals surface area contributed by atoms with E-state index < -0.39 is 10.0 Å². The van der Waals surface area contributed by atoms with E-state index in [1.54, 1.807) is 26.0 Å². The summed E-state index contributed by atoms with van der Waals surface area (Å²) in [4.78, 5) is 12.2. The van der Waals surface area contributed by atoms with E-state index >= 15 is 0 Å². The fourth-order valence-corrected chi connectivity index (χ4v) is 4.75. The standard InChI is InChI=1S/C23H32N2O4S/c1-16(2)22-11-10-21(12-18(22)5)29-14-23(26)24-13-19-8-6-7-9-20(19)15-30(27,28)25-17(3)4/h6-12,16-17,25H,13-15H2,1-5H3,(H,24,26). The first kappa shape index (κ1) is 23.9. The van der Waals surface area contributed by atoms with Gasteiger partial charge in [0.1, 0.15) is 5.75 Å². The van der Waals surface area contributed by atoms with E-state index in [4.69, 9.17) is 4.74 Å². The summed E-state index contributed by atoms with van der Waals surface area (Å²) in [5.41, 5.74) is 3.81. The van der Waals surface area contributed by atoms with Crippen molar-refractivity contribution in [3.63, 3.8) is 0 Å². The lowest BCUT2D eigenvalue weighted by Gasteiger charge is -2.14. The monoisotopic (exact) mass is 432 g/mol. The zero-order chi connectivity index (χ0) is 22.3. The van der Waals surface area contributed by atoms with Crippen molar-refractivity contribution in [2.24, 2.45) is 0 Å². The van der Waals surface area contributed by atoms with E-state index in [1.165, 1.54) is 5.56 Å². The topological polar surface area (TPSA) is 84.5 Å². The van der Waals surface area contributed by atoms with Crippen LogP contribution in [-0.2, 0) is 27.1 Å². The molecule has 2 aromatic carbocycles. The van der Waals surface area contributed by atoms with E-state index in [0.29, 0.717) is 17.2 Å². The summed E-state index contributed by atoms with van der Waals surface area (Å²) in [6, 6.07) is 12.8. The zero-order valence-corrected chi connectivity index (χ0v) is 19.2. The Bertz CT molecular complexity index is 969. The molecule has 0 aliphatic carbocycles. The fourth-order valence-electron chi connectivity index (χ4n) is 3.26. The van der Waals surface area contributed by atoms with Crippen molar-refractivity contribution in [3.8, 4) is 5.75 Å². The first-order valence-corrected chi connectivity index (χ1v) is 11.8. The Labute approximate surface area is 180 Å². The number of carbonyl (C=O) groups is 1. The highest BCUT2D eigenvalue weighted by atomic mass is 32.2. The van der Waals surface area contributed by atoms with Crippen molar-refractivity contribution < 1.29 is 17.9 Å². The van der Waals surface area contributed by atoms with Gasteiger partial charge in [-0.2, -0.15) is 0 Å². The van der Waals surface area contributed by atoms with Crippen molar-refractivity contribution in [2.45, 2.75) is 58.9 Å². The highest BCUT2D eigenvalue weighted by molar-refractivity contribution is 7.88. The van der Waals surface area contributed by atoms with E-state index in [1.807, 2.05) is 37.3 Å². The van der Waals surface area contributed by atoms with Gasteiger partial charge in [0.05, 0.1) is 5.75 Å². The molecular formula is C23H32N2O4S. The third-order valence-corrected chi connectivity index (χ3v) is 6.11. The van der Waals surface area contributed by atoms with Crippen LogP contribution in [0.15, 0.2) is 42.5 Å². The summed E-state index contributed by atoms with van der Waals surface area (Å²) in [7, 11) is -3.44. The molecule has 0 fully saturated rings. The Kier molecular flexibility index (Phi) is 8.43. The second kappa shape index (κ2) is 10.6. The number of rotatable bonds is 10. The molecule has 30 heavy (non-hydrogen) atoms. The lowest BCUT2D eigenvalue weighted by Crippen LogP contribution is -2.32. The zero-order valence-electron chi connectivity index (χ0n) is 18.4. The molecule has 0 spiro atoms. The Balaban J connectivity index is 1.93. The molecule has 164 valence electrons. The first-order valence-electron chi connectivity index (χ1n) is 10.1. The summed E-state index contributed by atoms with van der Waals surface area (Å²) < 4.78 is 32.7. The molecular weight excluding hydrogens is 400 g/mol. The number of hydrogen-bond acceptors (Lipinski definition) is 4. The quantitative estimate of drug-likeness (QED) is 0.600. The SMILES string of the molecule is Cc1cc(OCC(=O)NCc2ccccc2CS(=O)(=O)NC(C)C)ccc1C(C)C. The lowest BCUT2D eigenvalue weighted by molar-refractivity contribution is -0.123. The molecule has 0 saturated carbocycles. The number of carbonyl (C=O) groups excluding carboxylic acids is 1. The maximum atomic E-state index is 12.2. The van der Waals surface area contributed by atoms with Gasteiger partial charge in [-0.25, -0.2) is 13.1 Å². The lowest BCUT2D eigenvalue weighted by atomic mass is 9.98. The van der Waals surface area contributed by atoms with Crippen molar-refractivity contribution in [3.05, 3.63) is 64.7 Å².